The number of rotatable bonds is 8. The molecule has 1 N–H and O–H groups in total. The highest BCUT2D eigenvalue weighted by molar-refractivity contribution is 5.92. The number of ether oxygens (including phenoxy) is 1. The van der Waals surface area contributed by atoms with E-state index in [0.29, 0.717) is 18.1 Å². The highest BCUT2D eigenvalue weighted by Crippen LogP contribution is 2.16. The number of nitrogens with zero attached hydrogens (tertiary/aromatic N) is 4. The first kappa shape index (κ1) is 20.2. The highest BCUT2D eigenvalue weighted by Gasteiger charge is 2.15. The van der Waals surface area contributed by atoms with Crippen molar-refractivity contribution in [1.82, 2.24) is 20.2 Å². The number of carbonyl (C=O) groups is 1. The molecular weight excluding hydrogens is 354 g/mol. The minimum Gasteiger partial charge on any atom is -0.379 e. The predicted octanol–water partition coefficient (Wildman–Crippen LogP) is 1.87. The van der Waals surface area contributed by atoms with Crippen molar-refractivity contribution in [1.29, 1.82) is 0 Å². The zero-order valence-corrected chi connectivity index (χ0v) is 16.7. The third kappa shape index (κ3) is 5.74. The first-order valence-corrected chi connectivity index (χ1v) is 9.88. The summed E-state index contributed by atoms with van der Waals surface area (Å²) in [7, 11) is 0. The molecule has 150 valence electrons. The van der Waals surface area contributed by atoms with Crippen LogP contribution in [0.25, 0.3) is 0 Å². The largest absolute Gasteiger partial charge is 0.379 e. The van der Waals surface area contributed by atoms with Crippen LogP contribution in [0.1, 0.15) is 28.8 Å². The molecule has 2 heterocycles. The first-order chi connectivity index (χ1) is 13.7. The van der Waals surface area contributed by atoms with Crippen molar-refractivity contribution in [2.45, 2.75) is 20.4 Å². The minimum atomic E-state index is -0.157. The minimum absolute atomic E-state index is 0.157. The number of amides is 1. The Balaban J connectivity index is 1.63. The summed E-state index contributed by atoms with van der Waals surface area (Å²) in [6.07, 6.45) is 0. The molecule has 0 aliphatic carbocycles. The summed E-state index contributed by atoms with van der Waals surface area (Å²) in [6, 6.07) is 12.0. The van der Waals surface area contributed by atoms with Gasteiger partial charge in [0.1, 0.15) is 17.3 Å². The van der Waals surface area contributed by atoms with Gasteiger partial charge in [0.25, 0.3) is 5.91 Å². The zero-order chi connectivity index (χ0) is 19.8. The summed E-state index contributed by atoms with van der Waals surface area (Å²) in [4.78, 5) is 25.9. The van der Waals surface area contributed by atoms with Gasteiger partial charge >= 0.3 is 0 Å². The van der Waals surface area contributed by atoms with Gasteiger partial charge in [-0.3, -0.25) is 9.69 Å². The van der Waals surface area contributed by atoms with Crippen molar-refractivity contribution >= 4 is 11.7 Å². The molecule has 1 aliphatic heterocycles. The number of hydrogen-bond donors (Lipinski definition) is 1. The lowest BCUT2D eigenvalue weighted by Gasteiger charge is -2.26. The molecule has 7 nitrogen and oxygen atoms in total. The molecule has 1 aromatic carbocycles. The van der Waals surface area contributed by atoms with Gasteiger partial charge in [0.15, 0.2) is 0 Å². The predicted molar refractivity (Wildman–Crippen MR) is 110 cm³/mol. The van der Waals surface area contributed by atoms with E-state index in [0.717, 1.165) is 51.8 Å². The van der Waals surface area contributed by atoms with E-state index in [4.69, 9.17) is 4.74 Å². The smallest absolute Gasteiger partial charge is 0.270 e. The highest BCUT2D eigenvalue weighted by atomic mass is 16.5. The van der Waals surface area contributed by atoms with E-state index < -0.39 is 0 Å². The molecule has 1 aliphatic rings. The van der Waals surface area contributed by atoms with E-state index in [9.17, 15) is 4.79 Å². The topological polar surface area (TPSA) is 70.6 Å². The van der Waals surface area contributed by atoms with Crippen LogP contribution in [-0.2, 0) is 11.3 Å². The van der Waals surface area contributed by atoms with Gasteiger partial charge in [0.2, 0.25) is 0 Å². The van der Waals surface area contributed by atoms with Crippen molar-refractivity contribution < 1.29 is 9.53 Å². The molecular formula is C21H29N5O2. The lowest BCUT2D eigenvalue weighted by molar-refractivity contribution is 0.0383. The van der Waals surface area contributed by atoms with Crippen molar-refractivity contribution in [2.75, 3.05) is 50.8 Å². The monoisotopic (exact) mass is 383 g/mol. The average Bonchev–Trinajstić information content (AvgIpc) is 2.73. The second-order valence-electron chi connectivity index (χ2n) is 6.87. The molecule has 0 spiro atoms. The molecule has 0 bridgehead atoms. The fourth-order valence-corrected chi connectivity index (χ4v) is 3.23. The van der Waals surface area contributed by atoms with Gasteiger partial charge in [-0.15, -0.1) is 0 Å². The van der Waals surface area contributed by atoms with Gasteiger partial charge in [-0.05, 0) is 19.4 Å². The van der Waals surface area contributed by atoms with Crippen molar-refractivity contribution in [2.24, 2.45) is 0 Å². The molecule has 0 atom stereocenters. The van der Waals surface area contributed by atoms with E-state index in [-0.39, 0.29) is 5.91 Å². The normalized spacial score (nSPS) is 14.6. The van der Waals surface area contributed by atoms with Crippen LogP contribution in [-0.4, -0.2) is 66.7 Å². The summed E-state index contributed by atoms with van der Waals surface area (Å²) < 4.78 is 5.35. The van der Waals surface area contributed by atoms with Gasteiger partial charge in [0, 0.05) is 45.3 Å². The Hall–Kier alpha value is -2.51. The van der Waals surface area contributed by atoms with Gasteiger partial charge in [0.05, 0.1) is 13.2 Å². The summed E-state index contributed by atoms with van der Waals surface area (Å²) in [5, 5.41) is 2.98. The van der Waals surface area contributed by atoms with Crippen LogP contribution in [0, 0.1) is 6.92 Å². The van der Waals surface area contributed by atoms with Gasteiger partial charge in [-0.1, -0.05) is 30.3 Å². The van der Waals surface area contributed by atoms with E-state index >= 15 is 0 Å². The standard InChI is InChI=1S/C21H29N5O2/c1-3-26(16-18-7-5-4-6-8-18)20-15-19(23-17(2)24-20)21(27)22-9-10-25-11-13-28-14-12-25/h4-8,15H,3,9-14,16H2,1-2H3,(H,22,27). The van der Waals surface area contributed by atoms with Crippen LogP contribution in [0.4, 0.5) is 5.82 Å². The zero-order valence-electron chi connectivity index (χ0n) is 16.7. The molecule has 1 saturated heterocycles. The number of benzene rings is 1. The summed E-state index contributed by atoms with van der Waals surface area (Å²) in [6.45, 7) is 10.2. The second-order valence-corrected chi connectivity index (χ2v) is 6.87. The molecule has 0 unspecified atom stereocenters. The lowest BCUT2D eigenvalue weighted by atomic mass is 10.2. The third-order valence-electron chi connectivity index (χ3n) is 4.80. The van der Waals surface area contributed by atoms with Crippen LogP contribution in [0.15, 0.2) is 36.4 Å². The molecule has 0 radical (unpaired) electrons. The molecule has 7 heteroatoms. The molecule has 1 aromatic heterocycles. The van der Waals surface area contributed by atoms with Gasteiger partial charge in [-0.2, -0.15) is 0 Å². The van der Waals surface area contributed by atoms with E-state index in [1.807, 2.05) is 25.1 Å². The van der Waals surface area contributed by atoms with E-state index in [1.54, 1.807) is 6.07 Å². The van der Waals surface area contributed by atoms with Crippen LogP contribution in [0.2, 0.25) is 0 Å². The number of aryl methyl sites for hydroxylation is 1. The number of morpholine rings is 1. The number of carbonyl (C=O) groups excluding carboxylic acids is 1. The summed E-state index contributed by atoms with van der Waals surface area (Å²) >= 11 is 0. The maximum atomic E-state index is 12.6. The van der Waals surface area contributed by atoms with Crippen LogP contribution < -0.4 is 10.2 Å². The Morgan fingerprint density at radius 1 is 1.21 bits per heavy atom. The Morgan fingerprint density at radius 2 is 1.96 bits per heavy atom. The van der Waals surface area contributed by atoms with Crippen molar-refractivity contribution in [3.63, 3.8) is 0 Å². The molecule has 2 aromatic rings. The molecule has 3 rings (SSSR count). The molecule has 0 saturated carbocycles. The number of anilines is 1. The summed E-state index contributed by atoms with van der Waals surface area (Å²) in [5.74, 6) is 1.22. The maximum absolute atomic E-state index is 12.6. The maximum Gasteiger partial charge on any atom is 0.270 e. The number of nitrogens with one attached hydrogen (secondary N) is 1. The fourth-order valence-electron chi connectivity index (χ4n) is 3.23. The molecule has 28 heavy (non-hydrogen) atoms. The van der Waals surface area contributed by atoms with Crippen LogP contribution in [0.3, 0.4) is 0 Å². The van der Waals surface area contributed by atoms with E-state index in [1.165, 1.54) is 5.56 Å². The number of hydrogen-bond acceptors (Lipinski definition) is 6. The van der Waals surface area contributed by atoms with Crippen molar-refractivity contribution in [3.05, 3.63) is 53.5 Å². The van der Waals surface area contributed by atoms with E-state index in [2.05, 4.69) is 44.1 Å². The third-order valence-corrected chi connectivity index (χ3v) is 4.80. The Labute approximate surface area is 166 Å². The molecule has 1 fully saturated rings. The lowest BCUT2D eigenvalue weighted by Crippen LogP contribution is -2.41. The Bertz CT molecular complexity index is 763. The SMILES string of the molecule is CCN(Cc1ccccc1)c1cc(C(=O)NCCN2CCOCC2)nc(C)n1. The quantitative estimate of drug-likeness (QED) is 0.751. The Kier molecular flexibility index (Phi) is 7.33. The Morgan fingerprint density at radius 3 is 2.68 bits per heavy atom. The first-order valence-electron chi connectivity index (χ1n) is 9.88. The van der Waals surface area contributed by atoms with Gasteiger partial charge in [-0.25, -0.2) is 9.97 Å². The van der Waals surface area contributed by atoms with Crippen molar-refractivity contribution in [3.8, 4) is 0 Å². The average molecular weight is 383 g/mol. The van der Waals surface area contributed by atoms with Crippen LogP contribution in [0.5, 0.6) is 0 Å². The fraction of sp³-hybridized carbons (Fsp3) is 0.476. The summed E-state index contributed by atoms with van der Waals surface area (Å²) in [5.41, 5.74) is 1.62. The second kappa shape index (κ2) is 10.1. The van der Waals surface area contributed by atoms with Crippen LogP contribution >= 0.6 is 0 Å². The number of aromatic nitrogens is 2. The molecule has 1 amide bonds. The van der Waals surface area contributed by atoms with Gasteiger partial charge < -0.3 is 15.0 Å².